The molecule has 4 nitrogen and oxygen atoms in total. The van der Waals surface area contributed by atoms with Gasteiger partial charge in [-0.3, -0.25) is 4.79 Å². The molecule has 1 atom stereocenters. The predicted molar refractivity (Wildman–Crippen MR) is 84.5 cm³/mol. The van der Waals surface area contributed by atoms with Gasteiger partial charge in [-0.25, -0.2) is 9.18 Å². The Morgan fingerprint density at radius 3 is 2.68 bits per heavy atom. The second-order valence-corrected chi connectivity index (χ2v) is 6.55. The molecule has 0 saturated heterocycles. The normalized spacial score (nSPS) is 12.4. The summed E-state index contributed by atoms with van der Waals surface area (Å²) in [6.07, 6.45) is 0. The van der Waals surface area contributed by atoms with Crippen molar-refractivity contribution in [2.75, 3.05) is 6.61 Å². The molecule has 0 bridgehead atoms. The number of benzene rings is 1. The van der Waals surface area contributed by atoms with Crippen LogP contribution in [0.15, 0.2) is 24.3 Å². The van der Waals surface area contributed by atoms with Crippen LogP contribution in [0.2, 0.25) is 0 Å². The summed E-state index contributed by atoms with van der Waals surface area (Å²) in [4.78, 5) is 24.0. The number of amides is 1. The molecule has 0 aliphatic heterocycles. The number of carbonyl (C=O) groups excluding carboxylic acids is 2. The molecule has 22 heavy (non-hydrogen) atoms. The van der Waals surface area contributed by atoms with Crippen LogP contribution in [0.1, 0.15) is 30.4 Å². The molecule has 1 heterocycles. The summed E-state index contributed by atoms with van der Waals surface area (Å²) >= 11 is 1.21. The Morgan fingerprint density at radius 2 is 2.00 bits per heavy atom. The predicted octanol–water partition coefficient (Wildman–Crippen LogP) is 3.36. The molecule has 1 aromatic carbocycles. The molecule has 0 radical (unpaired) electrons. The van der Waals surface area contributed by atoms with Crippen LogP contribution in [0.25, 0.3) is 10.1 Å². The summed E-state index contributed by atoms with van der Waals surface area (Å²) in [5.41, 5.74) is 0. The van der Waals surface area contributed by atoms with Gasteiger partial charge in [-0.05, 0) is 42.5 Å². The minimum atomic E-state index is -0.575. The van der Waals surface area contributed by atoms with Crippen LogP contribution in [0.5, 0.6) is 0 Å². The van der Waals surface area contributed by atoms with E-state index in [4.69, 9.17) is 4.74 Å². The van der Waals surface area contributed by atoms with E-state index in [9.17, 15) is 14.0 Å². The van der Waals surface area contributed by atoms with Crippen molar-refractivity contribution >= 4 is 33.3 Å². The molecule has 1 N–H and O–H groups in total. The number of nitrogens with one attached hydrogen (secondary N) is 1. The smallest absolute Gasteiger partial charge is 0.348 e. The third kappa shape index (κ3) is 4.04. The molecule has 0 aliphatic rings. The van der Waals surface area contributed by atoms with Crippen LogP contribution in [0.3, 0.4) is 0 Å². The fraction of sp³-hybridized carbons (Fsp3) is 0.375. The number of halogens is 1. The first-order chi connectivity index (χ1) is 10.4. The molecule has 0 fully saturated rings. The van der Waals surface area contributed by atoms with Crippen LogP contribution in [-0.4, -0.2) is 24.5 Å². The van der Waals surface area contributed by atoms with Gasteiger partial charge in [0.05, 0.1) is 0 Å². The van der Waals surface area contributed by atoms with Gasteiger partial charge < -0.3 is 10.1 Å². The second kappa shape index (κ2) is 6.87. The average molecular weight is 323 g/mol. The number of thiophene rings is 1. The zero-order chi connectivity index (χ0) is 16.3. The third-order valence-corrected chi connectivity index (χ3v) is 4.50. The van der Waals surface area contributed by atoms with Crippen LogP contribution in [-0.2, 0) is 9.53 Å². The van der Waals surface area contributed by atoms with Gasteiger partial charge in [-0.15, -0.1) is 11.3 Å². The van der Waals surface area contributed by atoms with Gasteiger partial charge in [-0.1, -0.05) is 13.8 Å². The number of hydrogen-bond acceptors (Lipinski definition) is 4. The van der Waals surface area contributed by atoms with Gasteiger partial charge in [0, 0.05) is 10.7 Å². The summed E-state index contributed by atoms with van der Waals surface area (Å²) < 4.78 is 18.9. The monoisotopic (exact) mass is 323 g/mol. The molecule has 118 valence electrons. The quantitative estimate of drug-likeness (QED) is 0.859. The highest BCUT2D eigenvalue weighted by Gasteiger charge is 2.16. The Kier molecular flexibility index (Phi) is 5.13. The topological polar surface area (TPSA) is 55.4 Å². The molecule has 0 saturated carbocycles. The minimum absolute atomic E-state index is 0.0125. The molecule has 6 heteroatoms. The standard InChI is InChI=1S/C16H18FNO3S/c1-9(2)10(3)18-15(19)8-21-16(20)14-7-11-6-12(17)4-5-13(11)22-14/h4-7,9-10H,8H2,1-3H3,(H,18,19)/t10-/m0/s1. The number of hydrogen-bond donors (Lipinski definition) is 1. The number of esters is 1. The van der Waals surface area contributed by atoms with Crippen molar-refractivity contribution in [3.8, 4) is 0 Å². The summed E-state index contributed by atoms with van der Waals surface area (Å²) in [5.74, 6) is -0.958. The Morgan fingerprint density at radius 1 is 1.27 bits per heavy atom. The summed E-state index contributed by atoms with van der Waals surface area (Å²) in [6.45, 7) is 5.56. The van der Waals surface area contributed by atoms with Crippen molar-refractivity contribution in [1.82, 2.24) is 5.32 Å². The van der Waals surface area contributed by atoms with Crippen LogP contribution < -0.4 is 5.32 Å². The molecular weight excluding hydrogens is 305 g/mol. The van der Waals surface area contributed by atoms with E-state index in [1.54, 1.807) is 12.1 Å². The zero-order valence-electron chi connectivity index (χ0n) is 12.7. The third-order valence-electron chi connectivity index (χ3n) is 3.40. The van der Waals surface area contributed by atoms with E-state index in [2.05, 4.69) is 5.32 Å². The first-order valence-corrected chi connectivity index (χ1v) is 7.84. The molecule has 0 unspecified atom stereocenters. The molecule has 0 aliphatic carbocycles. The zero-order valence-corrected chi connectivity index (χ0v) is 13.5. The summed E-state index contributed by atoms with van der Waals surface area (Å²) in [7, 11) is 0. The maximum Gasteiger partial charge on any atom is 0.348 e. The molecule has 1 aromatic heterocycles. The van der Waals surface area contributed by atoms with Crippen LogP contribution in [0.4, 0.5) is 4.39 Å². The number of rotatable bonds is 5. The Hall–Kier alpha value is -1.95. The van der Waals surface area contributed by atoms with Gasteiger partial charge >= 0.3 is 5.97 Å². The number of carbonyl (C=O) groups is 2. The van der Waals surface area contributed by atoms with Crippen molar-refractivity contribution in [2.24, 2.45) is 5.92 Å². The largest absolute Gasteiger partial charge is 0.451 e. The van der Waals surface area contributed by atoms with E-state index in [-0.39, 0.29) is 24.4 Å². The lowest BCUT2D eigenvalue weighted by molar-refractivity contribution is -0.125. The molecule has 0 spiro atoms. The minimum Gasteiger partial charge on any atom is -0.451 e. The lowest BCUT2D eigenvalue weighted by Crippen LogP contribution is -2.38. The van der Waals surface area contributed by atoms with Crippen LogP contribution in [0, 0.1) is 11.7 Å². The van der Waals surface area contributed by atoms with E-state index < -0.39 is 5.97 Å². The molecule has 1 amide bonds. The molecule has 2 aromatic rings. The SMILES string of the molecule is CC(C)[C@H](C)NC(=O)COC(=O)c1cc2cc(F)ccc2s1. The highest BCUT2D eigenvalue weighted by molar-refractivity contribution is 7.20. The maximum atomic E-state index is 13.1. The fourth-order valence-corrected chi connectivity index (χ4v) is 2.72. The summed E-state index contributed by atoms with van der Waals surface area (Å²) in [6, 6.07) is 5.90. The Labute approximate surface area is 132 Å². The van der Waals surface area contributed by atoms with Crippen molar-refractivity contribution in [1.29, 1.82) is 0 Å². The maximum absolute atomic E-state index is 13.1. The molecular formula is C16H18FNO3S. The van der Waals surface area contributed by atoms with Crippen molar-refractivity contribution < 1.29 is 18.7 Å². The highest BCUT2D eigenvalue weighted by atomic mass is 32.1. The van der Waals surface area contributed by atoms with E-state index in [0.29, 0.717) is 16.2 Å². The van der Waals surface area contributed by atoms with Crippen molar-refractivity contribution in [2.45, 2.75) is 26.8 Å². The highest BCUT2D eigenvalue weighted by Crippen LogP contribution is 2.26. The Bertz CT molecular complexity index is 696. The van der Waals surface area contributed by atoms with E-state index in [1.807, 2.05) is 20.8 Å². The van der Waals surface area contributed by atoms with E-state index in [1.165, 1.54) is 23.5 Å². The first-order valence-electron chi connectivity index (χ1n) is 7.02. The van der Waals surface area contributed by atoms with Gasteiger partial charge in [0.25, 0.3) is 5.91 Å². The number of ether oxygens (including phenoxy) is 1. The lowest BCUT2D eigenvalue weighted by Gasteiger charge is -2.17. The van der Waals surface area contributed by atoms with Crippen molar-refractivity contribution in [3.05, 3.63) is 35.0 Å². The number of fused-ring (bicyclic) bond motifs is 1. The lowest BCUT2D eigenvalue weighted by atomic mass is 10.1. The Balaban J connectivity index is 1.95. The van der Waals surface area contributed by atoms with Crippen LogP contribution >= 0.6 is 11.3 Å². The van der Waals surface area contributed by atoms with Crippen molar-refractivity contribution in [3.63, 3.8) is 0 Å². The second-order valence-electron chi connectivity index (χ2n) is 5.47. The van der Waals surface area contributed by atoms with Gasteiger partial charge in [0.15, 0.2) is 6.61 Å². The van der Waals surface area contributed by atoms with Gasteiger partial charge in [0.1, 0.15) is 10.7 Å². The summed E-state index contributed by atoms with van der Waals surface area (Å²) in [5, 5.41) is 3.41. The average Bonchev–Trinajstić information content (AvgIpc) is 2.87. The molecule has 2 rings (SSSR count). The van der Waals surface area contributed by atoms with E-state index >= 15 is 0 Å². The van der Waals surface area contributed by atoms with Gasteiger partial charge in [0.2, 0.25) is 0 Å². The first kappa shape index (κ1) is 16.4. The van der Waals surface area contributed by atoms with Gasteiger partial charge in [-0.2, -0.15) is 0 Å². The van der Waals surface area contributed by atoms with E-state index in [0.717, 1.165) is 4.70 Å². The fourth-order valence-electron chi connectivity index (χ4n) is 1.78.